The van der Waals surface area contributed by atoms with Crippen molar-refractivity contribution < 1.29 is 18.7 Å². The SMILES string of the molecule is O=C(O)CC(C=C(F)F)c1cc(Cl)nc(Cl)c1. The quantitative estimate of drug-likeness (QED) is 0.856. The number of rotatable bonds is 4. The van der Waals surface area contributed by atoms with Gasteiger partial charge in [-0.15, -0.1) is 0 Å². The molecule has 17 heavy (non-hydrogen) atoms. The van der Waals surface area contributed by atoms with Crippen LogP contribution in [0.2, 0.25) is 10.3 Å². The van der Waals surface area contributed by atoms with E-state index in [1.807, 2.05) is 0 Å². The van der Waals surface area contributed by atoms with Crippen molar-refractivity contribution in [1.82, 2.24) is 4.98 Å². The summed E-state index contributed by atoms with van der Waals surface area (Å²) in [6.07, 6.45) is -1.88. The van der Waals surface area contributed by atoms with Crippen molar-refractivity contribution in [1.29, 1.82) is 0 Å². The number of nitrogens with zero attached hydrogens (tertiary/aromatic N) is 1. The minimum Gasteiger partial charge on any atom is -0.481 e. The predicted octanol–water partition coefficient (Wildman–Crippen LogP) is 3.73. The van der Waals surface area contributed by atoms with Gasteiger partial charge in [-0.3, -0.25) is 4.79 Å². The second-order valence-electron chi connectivity index (χ2n) is 3.21. The summed E-state index contributed by atoms with van der Waals surface area (Å²) in [4.78, 5) is 14.2. The Balaban J connectivity index is 3.11. The maximum absolute atomic E-state index is 12.2. The molecule has 0 radical (unpaired) electrons. The summed E-state index contributed by atoms with van der Waals surface area (Å²) in [6.45, 7) is 0. The van der Waals surface area contributed by atoms with Crippen molar-refractivity contribution in [2.75, 3.05) is 0 Å². The molecule has 1 heterocycles. The van der Waals surface area contributed by atoms with E-state index >= 15 is 0 Å². The number of aromatic nitrogens is 1. The van der Waals surface area contributed by atoms with Crippen molar-refractivity contribution in [2.24, 2.45) is 0 Å². The summed E-state index contributed by atoms with van der Waals surface area (Å²) < 4.78 is 24.4. The average Bonchev–Trinajstić information content (AvgIpc) is 2.13. The van der Waals surface area contributed by atoms with Crippen LogP contribution in [-0.2, 0) is 4.79 Å². The molecule has 0 bridgehead atoms. The fourth-order valence-electron chi connectivity index (χ4n) is 1.31. The van der Waals surface area contributed by atoms with E-state index in [0.29, 0.717) is 6.08 Å². The van der Waals surface area contributed by atoms with Crippen molar-refractivity contribution in [2.45, 2.75) is 12.3 Å². The van der Waals surface area contributed by atoms with E-state index in [1.54, 1.807) is 0 Å². The molecule has 1 N–H and O–H groups in total. The Kier molecular flexibility index (Phi) is 4.84. The molecule has 0 aliphatic heterocycles. The van der Waals surface area contributed by atoms with Gasteiger partial charge in [0.1, 0.15) is 10.3 Å². The third kappa shape index (κ3) is 4.66. The lowest BCUT2D eigenvalue weighted by Crippen LogP contribution is -2.05. The molecule has 0 saturated heterocycles. The zero-order chi connectivity index (χ0) is 13.0. The summed E-state index contributed by atoms with van der Waals surface area (Å²) >= 11 is 11.2. The number of halogens is 4. The Morgan fingerprint density at radius 1 is 1.41 bits per heavy atom. The molecule has 1 unspecified atom stereocenters. The maximum atomic E-state index is 12.2. The molecule has 0 aromatic carbocycles. The summed E-state index contributed by atoms with van der Waals surface area (Å²) in [5.41, 5.74) is 0.283. The molecule has 92 valence electrons. The highest BCUT2D eigenvalue weighted by Gasteiger charge is 2.16. The standard InChI is InChI=1S/C10H7Cl2F2NO2/c11-7-1-5(2-8(12)15-7)6(3-9(13)14)4-10(16)17/h1-3,6H,4H2,(H,16,17). The molecule has 1 rings (SSSR count). The highest BCUT2D eigenvalue weighted by Crippen LogP contribution is 2.27. The lowest BCUT2D eigenvalue weighted by atomic mass is 9.97. The Morgan fingerprint density at radius 3 is 2.35 bits per heavy atom. The first kappa shape index (κ1) is 13.9. The van der Waals surface area contributed by atoms with Crippen LogP contribution in [0.4, 0.5) is 8.78 Å². The van der Waals surface area contributed by atoms with Crippen LogP contribution in [0, 0.1) is 0 Å². The van der Waals surface area contributed by atoms with Crippen molar-refractivity contribution >= 4 is 29.2 Å². The van der Waals surface area contributed by atoms with Gasteiger partial charge in [-0.2, -0.15) is 8.78 Å². The Morgan fingerprint density at radius 2 is 1.94 bits per heavy atom. The van der Waals surface area contributed by atoms with Crippen LogP contribution in [0.15, 0.2) is 24.3 Å². The fourth-order valence-corrected chi connectivity index (χ4v) is 1.79. The number of hydrogen-bond acceptors (Lipinski definition) is 2. The first-order valence-electron chi connectivity index (χ1n) is 4.46. The minimum absolute atomic E-state index is 0.0237. The lowest BCUT2D eigenvalue weighted by molar-refractivity contribution is -0.137. The summed E-state index contributed by atoms with van der Waals surface area (Å²) in [5, 5.41) is 8.69. The van der Waals surface area contributed by atoms with E-state index in [2.05, 4.69) is 4.98 Å². The smallest absolute Gasteiger partial charge is 0.304 e. The third-order valence-electron chi connectivity index (χ3n) is 1.94. The van der Waals surface area contributed by atoms with Crippen LogP contribution in [0.5, 0.6) is 0 Å². The number of carboxylic acid groups (broad SMARTS) is 1. The van der Waals surface area contributed by atoms with E-state index < -0.39 is 24.4 Å². The first-order chi connectivity index (χ1) is 7.88. The minimum atomic E-state index is -1.96. The Hall–Kier alpha value is -1.20. The second-order valence-corrected chi connectivity index (χ2v) is 3.98. The van der Waals surface area contributed by atoms with Crippen LogP contribution in [-0.4, -0.2) is 16.1 Å². The predicted molar refractivity (Wildman–Crippen MR) is 59.5 cm³/mol. The topological polar surface area (TPSA) is 50.2 Å². The molecule has 7 heteroatoms. The molecular formula is C10H7Cl2F2NO2. The van der Waals surface area contributed by atoms with Gasteiger partial charge >= 0.3 is 5.97 Å². The number of carbonyl (C=O) groups is 1. The molecule has 0 fully saturated rings. The van der Waals surface area contributed by atoms with Crippen LogP contribution < -0.4 is 0 Å². The van der Waals surface area contributed by atoms with Gasteiger partial charge in [0.2, 0.25) is 0 Å². The number of pyridine rings is 1. The van der Waals surface area contributed by atoms with Gasteiger partial charge in [-0.25, -0.2) is 4.98 Å². The Labute approximate surface area is 106 Å². The van der Waals surface area contributed by atoms with E-state index in [1.165, 1.54) is 12.1 Å². The highest BCUT2D eigenvalue weighted by molar-refractivity contribution is 6.32. The number of aliphatic carboxylic acids is 1. The normalized spacial score (nSPS) is 12.0. The van der Waals surface area contributed by atoms with E-state index in [9.17, 15) is 13.6 Å². The first-order valence-corrected chi connectivity index (χ1v) is 5.21. The van der Waals surface area contributed by atoms with Crippen LogP contribution in [0.1, 0.15) is 17.9 Å². The second kappa shape index (κ2) is 5.93. The molecular weight excluding hydrogens is 275 g/mol. The van der Waals surface area contributed by atoms with Crippen molar-refractivity contribution in [3.63, 3.8) is 0 Å². The van der Waals surface area contributed by atoms with Crippen LogP contribution >= 0.6 is 23.2 Å². The number of hydrogen-bond donors (Lipinski definition) is 1. The summed E-state index contributed by atoms with van der Waals surface area (Å²) in [7, 11) is 0. The van der Waals surface area contributed by atoms with Gasteiger partial charge in [0, 0.05) is 5.92 Å². The van der Waals surface area contributed by atoms with Crippen LogP contribution in [0.25, 0.3) is 0 Å². The summed E-state index contributed by atoms with van der Waals surface area (Å²) in [6, 6.07) is 2.61. The van der Waals surface area contributed by atoms with Gasteiger partial charge in [-0.1, -0.05) is 23.2 Å². The molecule has 3 nitrogen and oxygen atoms in total. The van der Waals surface area contributed by atoms with Crippen molar-refractivity contribution in [3.8, 4) is 0 Å². The Bertz CT molecular complexity index is 441. The molecule has 1 aromatic heterocycles. The molecule has 0 saturated carbocycles. The third-order valence-corrected chi connectivity index (χ3v) is 2.32. The fraction of sp³-hybridized carbons (Fsp3) is 0.200. The number of allylic oxidation sites excluding steroid dienone is 1. The molecule has 0 aliphatic carbocycles. The van der Waals surface area contributed by atoms with E-state index in [4.69, 9.17) is 28.3 Å². The molecule has 1 atom stereocenters. The van der Waals surface area contributed by atoms with Gasteiger partial charge < -0.3 is 5.11 Å². The zero-order valence-corrected chi connectivity index (χ0v) is 9.84. The maximum Gasteiger partial charge on any atom is 0.304 e. The van der Waals surface area contributed by atoms with Crippen molar-refractivity contribution in [3.05, 3.63) is 40.2 Å². The van der Waals surface area contributed by atoms with E-state index in [0.717, 1.165) is 0 Å². The average molecular weight is 282 g/mol. The lowest BCUT2D eigenvalue weighted by Gasteiger charge is -2.10. The van der Waals surface area contributed by atoms with Gasteiger partial charge in [-0.05, 0) is 23.8 Å². The molecule has 0 aliphatic rings. The molecule has 0 amide bonds. The molecule has 0 spiro atoms. The largest absolute Gasteiger partial charge is 0.481 e. The highest BCUT2D eigenvalue weighted by atomic mass is 35.5. The van der Waals surface area contributed by atoms with Gasteiger partial charge in [0.25, 0.3) is 6.08 Å². The summed E-state index contributed by atoms with van der Waals surface area (Å²) in [5.74, 6) is -2.19. The van der Waals surface area contributed by atoms with Crippen LogP contribution in [0.3, 0.4) is 0 Å². The van der Waals surface area contributed by atoms with Gasteiger partial charge in [0.05, 0.1) is 6.42 Å². The van der Waals surface area contributed by atoms with E-state index in [-0.39, 0.29) is 15.9 Å². The monoisotopic (exact) mass is 281 g/mol. The zero-order valence-electron chi connectivity index (χ0n) is 8.33. The number of carboxylic acids is 1. The van der Waals surface area contributed by atoms with Gasteiger partial charge in [0.15, 0.2) is 0 Å². The molecule has 1 aromatic rings.